The maximum Gasteiger partial charge on any atom is 0.411 e. The average Bonchev–Trinajstić information content (AvgIpc) is 3.90. The van der Waals surface area contributed by atoms with E-state index in [1.807, 2.05) is 37.3 Å². The minimum absolute atomic E-state index is 0.0478. The normalized spacial score (nSPS) is 16.0. The van der Waals surface area contributed by atoms with Crippen LogP contribution in [0.4, 0.5) is 10.5 Å². The number of esters is 1. The van der Waals surface area contributed by atoms with Crippen molar-refractivity contribution >= 4 is 43.7 Å². The van der Waals surface area contributed by atoms with Gasteiger partial charge >= 0.3 is 12.1 Å². The maximum atomic E-state index is 14.3. The van der Waals surface area contributed by atoms with Crippen LogP contribution in [0.5, 0.6) is 5.75 Å². The quantitative estimate of drug-likeness (QED) is 0.0542. The first-order valence-corrected chi connectivity index (χ1v) is 24.0. The second-order valence-corrected chi connectivity index (χ2v) is 23.4. The summed E-state index contributed by atoms with van der Waals surface area (Å²) in [5.74, 6) is -1.50. The number of hydrogen-bond acceptors (Lipinski definition) is 9. The summed E-state index contributed by atoms with van der Waals surface area (Å²) in [5.41, 5.74) is 4.64. The van der Waals surface area contributed by atoms with Crippen LogP contribution >= 0.6 is 0 Å². The minimum atomic E-state index is -2.40. The molecule has 1 heterocycles. The van der Waals surface area contributed by atoms with Crippen molar-refractivity contribution in [3.8, 4) is 5.75 Å². The number of hydrogen-bond donors (Lipinski definition) is 3. The number of benzene rings is 3. The lowest BCUT2D eigenvalue weighted by molar-refractivity contribution is -0.145. The molecule has 0 unspecified atom stereocenters. The molecule has 0 aromatic heterocycles. The van der Waals surface area contributed by atoms with Gasteiger partial charge in [-0.3, -0.25) is 24.5 Å². The van der Waals surface area contributed by atoms with Gasteiger partial charge in [0.25, 0.3) is 14.2 Å². The lowest BCUT2D eigenvalue weighted by atomic mass is 9.95. The molecule has 1 saturated carbocycles. The third-order valence-corrected chi connectivity index (χ3v) is 18.5. The van der Waals surface area contributed by atoms with Crippen LogP contribution in [0.15, 0.2) is 79.4 Å². The Labute approximate surface area is 367 Å². The van der Waals surface area contributed by atoms with E-state index in [-0.39, 0.29) is 68.0 Å². The van der Waals surface area contributed by atoms with E-state index in [2.05, 4.69) is 58.8 Å². The molecule has 5 rings (SSSR count). The Morgan fingerprint density at radius 1 is 0.903 bits per heavy atom. The van der Waals surface area contributed by atoms with E-state index < -0.39 is 32.2 Å². The van der Waals surface area contributed by atoms with E-state index in [4.69, 9.17) is 13.9 Å². The molecule has 3 aromatic rings. The Morgan fingerprint density at radius 3 is 2.15 bits per heavy atom. The number of ketones is 1. The Balaban J connectivity index is 1.23. The van der Waals surface area contributed by atoms with Crippen molar-refractivity contribution in [2.24, 2.45) is 11.3 Å². The van der Waals surface area contributed by atoms with Crippen LogP contribution in [-0.2, 0) is 43.3 Å². The van der Waals surface area contributed by atoms with Crippen LogP contribution in [0.3, 0.4) is 0 Å². The van der Waals surface area contributed by atoms with Gasteiger partial charge in [-0.2, -0.15) is 0 Å². The summed E-state index contributed by atoms with van der Waals surface area (Å²) in [7, 11) is -2.40. The Hall–Kier alpha value is -5.27. The SMILES string of the molecule is C=CCOC(=O)C[C@@H](Cc1ccccc1)C(=O)NCC(=O)Cc1ccc(COC(=O)Nc2cc(O[Si](C(C)C)(C(C)C)C(C)C)c(C)cc2C(=O)N2CC3(CC3)C[C@H]2CO)cc1. The molecule has 1 saturated heterocycles. The van der Waals surface area contributed by atoms with Crippen molar-refractivity contribution in [2.75, 3.05) is 31.6 Å². The molecule has 2 atom stereocenters. The molecule has 2 aliphatic rings. The molecule has 1 aliphatic heterocycles. The number of likely N-dealkylation sites (tertiary alicyclic amines) is 1. The molecule has 62 heavy (non-hydrogen) atoms. The second-order valence-electron chi connectivity index (χ2n) is 18.1. The van der Waals surface area contributed by atoms with Crippen LogP contribution in [-0.4, -0.2) is 80.3 Å². The van der Waals surface area contributed by atoms with Crippen LogP contribution in [0.2, 0.25) is 16.6 Å². The fraction of sp³-hybridized carbons (Fsp3) is 0.490. The highest BCUT2D eigenvalue weighted by molar-refractivity contribution is 6.78. The molecule has 1 spiro atoms. The van der Waals surface area contributed by atoms with Gasteiger partial charge < -0.3 is 29.2 Å². The van der Waals surface area contributed by atoms with Gasteiger partial charge in [-0.15, -0.1) is 0 Å². The Morgan fingerprint density at radius 2 is 1.55 bits per heavy atom. The predicted octanol–water partition coefficient (Wildman–Crippen LogP) is 8.49. The monoisotopic (exact) mass is 867 g/mol. The second kappa shape index (κ2) is 21.2. The molecule has 2 fully saturated rings. The van der Waals surface area contributed by atoms with Gasteiger partial charge in [0.2, 0.25) is 5.91 Å². The van der Waals surface area contributed by atoms with Crippen LogP contribution in [0.25, 0.3) is 0 Å². The largest absolute Gasteiger partial charge is 0.542 e. The Bertz CT molecular complexity index is 2040. The van der Waals surface area contributed by atoms with E-state index in [0.29, 0.717) is 52.0 Å². The van der Waals surface area contributed by atoms with Crippen molar-refractivity contribution in [1.29, 1.82) is 0 Å². The maximum absolute atomic E-state index is 14.3. The van der Waals surface area contributed by atoms with Crippen molar-refractivity contribution in [3.05, 3.63) is 107 Å². The van der Waals surface area contributed by atoms with Gasteiger partial charge in [0, 0.05) is 19.0 Å². The molecule has 3 N–H and O–H groups in total. The van der Waals surface area contributed by atoms with Crippen molar-refractivity contribution in [3.63, 3.8) is 0 Å². The average molecular weight is 868 g/mol. The lowest BCUT2D eigenvalue weighted by Crippen LogP contribution is -2.50. The lowest BCUT2D eigenvalue weighted by Gasteiger charge is -2.42. The van der Waals surface area contributed by atoms with Gasteiger partial charge in [-0.25, -0.2) is 4.79 Å². The zero-order valence-electron chi connectivity index (χ0n) is 37.5. The summed E-state index contributed by atoms with van der Waals surface area (Å²) >= 11 is 0. The van der Waals surface area contributed by atoms with Crippen LogP contribution in [0.1, 0.15) is 99.8 Å². The molecule has 12 nitrogen and oxygen atoms in total. The smallest absolute Gasteiger partial charge is 0.411 e. The number of aliphatic hydroxyl groups is 1. The van der Waals surface area contributed by atoms with E-state index >= 15 is 0 Å². The molecule has 1 aliphatic carbocycles. The van der Waals surface area contributed by atoms with Gasteiger partial charge in [-0.1, -0.05) is 109 Å². The van der Waals surface area contributed by atoms with Crippen molar-refractivity contribution in [1.82, 2.24) is 10.2 Å². The van der Waals surface area contributed by atoms with Crippen molar-refractivity contribution < 1.29 is 43.0 Å². The zero-order valence-corrected chi connectivity index (χ0v) is 38.5. The highest BCUT2D eigenvalue weighted by atomic mass is 28.4. The number of amides is 3. The number of rotatable bonds is 21. The van der Waals surface area contributed by atoms with Crippen LogP contribution < -0.4 is 15.1 Å². The molecule has 0 bridgehead atoms. The first kappa shape index (κ1) is 47.8. The van der Waals surface area contributed by atoms with Gasteiger partial charge in [0.05, 0.1) is 42.8 Å². The number of Topliss-reactive ketones (excluding diaryl/α,β-unsaturated/α-hetero) is 1. The Kier molecular flexibility index (Phi) is 16.3. The zero-order chi connectivity index (χ0) is 45.2. The summed E-state index contributed by atoms with van der Waals surface area (Å²) in [4.78, 5) is 67.9. The molecule has 0 radical (unpaired) electrons. The number of carbonyl (C=O) groups is 5. The standard InChI is InChI=1S/C49H65N3O9Si/c1-9-21-59-45(55)25-39(23-36-13-11-10-12-14-36)46(56)50-28-41(54)24-37-15-17-38(18-16-37)30-60-48(58)51-43-26-44(61-62(32(2)3,33(4)5)34(6)7)35(8)22-42(43)47(57)52-31-49(19-20-49)27-40(52)29-53/h9-18,22,26,32-34,39-40,53H,1,19-21,23-25,27-31H2,2-8H3,(H,50,56)(H,51,58)/t39-,40+/m1/s1. The summed E-state index contributed by atoms with van der Waals surface area (Å²) in [6.07, 6.45) is 3.78. The molecular weight excluding hydrogens is 803 g/mol. The minimum Gasteiger partial charge on any atom is -0.542 e. The highest BCUT2D eigenvalue weighted by Gasteiger charge is 2.53. The number of ether oxygens (including phenoxy) is 2. The van der Waals surface area contributed by atoms with Gasteiger partial charge in [0.15, 0.2) is 5.78 Å². The predicted molar refractivity (Wildman–Crippen MR) is 242 cm³/mol. The molecule has 334 valence electrons. The number of aliphatic hydroxyl groups excluding tert-OH is 1. The summed E-state index contributed by atoms with van der Waals surface area (Å²) in [6, 6.07) is 19.6. The number of aryl methyl sites for hydroxylation is 1. The fourth-order valence-electron chi connectivity index (χ4n) is 9.12. The van der Waals surface area contributed by atoms with Crippen LogP contribution in [0, 0.1) is 18.3 Å². The highest BCUT2D eigenvalue weighted by Crippen LogP contribution is 2.55. The van der Waals surface area contributed by atoms with E-state index in [0.717, 1.165) is 30.4 Å². The summed E-state index contributed by atoms with van der Waals surface area (Å²) in [6.45, 7) is 18.9. The first-order chi connectivity index (χ1) is 29.5. The fourth-order valence-corrected chi connectivity index (χ4v) is 14.4. The summed E-state index contributed by atoms with van der Waals surface area (Å²) in [5, 5.41) is 15.8. The van der Waals surface area contributed by atoms with Gasteiger partial charge in [0.1, 0.15) is 19.0 Å². The molecule has 3 amide bonds. The number of carbonyl (C=O) groups excluding carboxylic acids is 5. The van der Waals surface area contributed by atoms with E-state index in [1.165, 1.54) is 6.08 Å². The third-order valence-electron chi connectivity index (χ3n) is 12.5. The van der Waals surface area contributed by atoms with Gasteiger partial charge in [-0.05, 0) is 83.0 Å². The van der Waals surface area contributed by atoms with E-state index in [9.17, 15) is 29.1 Å². The summed E-state index contributed by atoms with van der Waals surface area (Å²) < 4.78 is 17.8. The topological polar surface area (TPSA) is 161 Å². The van der Waals surface area contributed by atoms with Crippen molar-refractivity contribution in [2.45, 2.75) is 116 Å². The molecule has 13 heteroatoms. The molecule has 3 aromatic carbocycles. The third kappa shape index (κ3) is 12.0. The molecular formula is C49H65N3O9Si. The number of nitrogens with one attached hydrogen (secondary N) is 2. The number of nitrogens with zero attached hydrogens (tertiary/aromatic N) is 1. The first-order valence-electron chi connectivity index (χ1n) is 21.9. The number of anilines is 1. The van der Waals surface area contributed by atoms with E-state index in [1.54, 1.807) is 41.3 Å².